The number of oxime groups is 1. The van der Waals surface area contributed by atoms with Crippen molar-refractivity contribution in [2.24, 2.45) is 10.9 Å². The van der Waals surface area contributed by atoms with Crippen LogP contribution in [-0.4, -0.2) is 21.0 Å². The van der Waals surface area contributed by atoms with E-state index in [4.69, 9.17) is 10.9 Å². The molecule has 17 heavy (non-hydrogen) atoms. The van der Waals surface area contributed by atoms with Gasteiger partial charge in [0.15, 0.2) is 5.84 Å². The van der Waals surface area contributed by atoms with Crippen LogP contribution in [-0.2, 0) is 0 Å². The fourth-order valence-electron chi connectivity index (χ4n) is 1.25. The minimum Gasteiger partial charge on any atom is -0.409 e. The summed E-state index contributed by atoms with van der Waals surface area (Å²) in [5.41, 5.74) is 6.03. The van der Waals surface area contributed by atoms with Gasteiger partial charge in [-0.3, -0.25) is 9.97 Å². The smallest absolute Gasteiger partial charge is 0.189 e. The standard InChI is InChI=1S/C11H10N4OS/c12-11(15-16)10-9(2-1-5-14-10)17-8-3-6-13-7-4-8/h1-7,16H,(H2,12,15). The van der Waals surface area contributed by atoms with Crippen LogP contribution in [0.5, 0.6) is 0 Å². The Morgan fingerprint density at radius 2 is 2.00 bits per heavy atom. The lowest BCUT2D eigenvalue weighted by Gasteiger charge is -2.05. The largest absolute Gasteiger partial charge is 0.409 e. The van der Waals surface area contributed by atoms with Crippen LogP contribution in [0.25, 0.3) is 0 Å². The summed E-state index contributed by atoms with van der Waals surface area (Å²) in [6.45, 7) is 0. The third-order valence-corrected chi connectivity index (χ3v) is 3.06. The van der Waals surface area contributed by atoms with Crippen LogP contribution in [0.15, 0.2) is 57.8 Å². The highest BCUT2D eigenvalue weighted by Gasteiger charge is 2.09. The van der Waals surface area contributed by atoms with E-state index in [2.05, 4.69) is 15.1 Å². The van der Waals surface area contributed by atoms with Crippen molar-refractivity contribution in [1.82, 2.24) is 9.97 Å². The van der Waals surface area contributed by atoms with Gasteiger partial charge in [0, 0.05) is 28.4 Å². The predicted molar refractivity (Wildman–Crippen MR) is 65.1 cm³/mol. The molecule has 5 nitrogen and oxygen atoms in total. The molecule has 0 fully saturated rings. The first-order chi connectivity index (χ1) is 8.31. The van der Waals surface area contributed by atoms with Gasteiger partial charge in [0.2, 0.25) is 0 Å². The summed E-state index contributed by atoms with van der Waals surface area (Å²) in [5.74, 6) is 0.00200. The van der Waals surface area contributed by atoms with Crippen LogP contribution in [0.3, 0.4) is 0 Å². The molecule has 6 heteroatoms. The fourth-order valence-corrected chi connectivity index (χ4v) is 2.16. The number of hydrogen-bond acceptors (Lipinski definition) is 5. The molecule has 0 atom stereocenters. The van der Waals surface area contributed by atoms with Gasteiger partial charge in [-0.05, 0) is 24.3 Å². The number of hydrogen-bond donors (Lipinski definition) is 2. The van der Waals surface area contributed by atoms with Crippen molar-refractivity contribution < 1.29 is 5.21 Å². The Morgan fingerprint density at radius 3 is 2.71 bits per heavy atom. The monoisotopic (exact) mass is 246 g/mol. The van der Waals surface area contributed by atoms with Crippen LogP contribution in [0.4, 0.5) is 0 Å². The van der Waals surface area contributed by atoms with E-state index in [1.54, 1.807) is 24.7 Å². The molecular weight excluding hydrogens is 236 g/mol. The van der Waals surface area contributed by atoms with Gasteiger partial charge in [-0.2, -0.15) is 0 Å². The van der Waals surface area contributed by atoms with Gasteiger partial charge in [-0.1, -0.05) is 16.9 Å². The molecule has 3 N–H and O–H groups in total. The topological polar surface area (TPSA) is 84.4 Å². The minimum absolute atomic E-state index is 0.00200. The van der Waals surface area contributed by atoms with Crippen molar-refractivity contribution in [3.8, 4) is 0 Å². The molecule has 0 radical (unpaired) electrons. The third kappa shape index (κ3) is 2.73. The van der Waals surface area contributed by atoms with E-state index in [9.17, 15) is 0 Å². The molecule has 0 amide bonds. The lowest BCUT2D eigenvalue weighted by atomic mass is 10.3. The van der Waals surface area contributed by atoms with Crippen LogP contribution in [0.2, 0.25) is 0 Å². The Hall–Kier alpha value is -2.08. The van der Waals surface area contributed by atoms with E-state index in [0.29, 0.717) is 5.69 Å². The number of nitrogens with two attached hydrogens (primary N) is 1. The molecule has 2 aromatic heterocycles. The quantitative estimate of drug-likeness (QED) is 0.373. The second kappa shape index (κ2) is 5.31. The van der Waals surface area contributed by atoms with E-state index in [1.165, 1.54) is 11.8 Å². The Bertz CT molecular complexity index is 530. The maximum Gasteiger partial charge on any atom is 0.189 e. The lowest BCUT2D eigenvalue weighted by molar-refractivity contribution is 0.318. The number of rotatable bonds is 3. The summed E-state index contributed by atoms with van der Waals surface area (Å²) in [6, 6.07) is 7.44. The lowest BCUT2D eigenvalue weighted by Crippen LogP contribution is -2.15. The normalized spacial score (nSPS) is 11.4. The molecule has 86 valence electrons. The molecule has 0 unspecified atom stereocenters. The number of aromatic nitrogens is 2. The van der Waals surface area contributed by atoms with Crippen LogP contribution in [0.1, 0.15) is 5.69 Å². The highest BCUT2D eigenvalue weighted by atomic mass is 32.2. The summed E-state index contributed by atoms with van der Waals surface area (Å²) >= 11 is 1.48. The molecule has 2 aromatic rings. The molecule has 0 aromatic carbocycles. The average Bonchev–Trinajstić information content (AvgIpc) is 2.40. The van der Waals surface area contributed by atoms with E-state index >= 15 is 0 Å². The van der Waals surface area contributed by atoms with E-state index in [0.717, 1.165) is 9.79 Å². The molecule has 2 heterocycles. The molecule has 0 bridgehead atoms. The highest BCUT2D eigenvalue weighted by molar-refractivity contribution is 7.99. The van der Waals surface area contributed by atoms with Gasteiger partial charge in [-0.25, -0.2) is 0 Å². The Balaban J connectivity index is 2.33. The molecule has 0 spiro atoms. The van der Waals surface area contributed by atoms with Crippen molar-refractivity contribution in [3.05, 3.63) is 48.5 Å². The number of amidine groups is 1. The van der Waals surface area contributed by atoms with Crippen LogP contribution < -0.4 is 5.73 Å². The zero-order valence-corrected chi connectivity index (χ0v) is 9.63. The molecule has 0 aliphatic heterocycles. The SMILES string of the molecule is N/C(=N/O)c1ncccc1Sc1ccncc1. The van der Waals surface area contributed by atoms with Crippen molar-refractivity contribution in [2.45, 2.75) is 9.79 Å². The molecule has 0 aliphatic carbocycles. The Morgan fingerprint density at radius 1 is 1.24 bits per heavy atom. The van der Waals surface area contributed by atoms with Crippen LogP contribution in [0, 0.1) is 0 Å². The zero-order chi connectivity index (χ0) is 12.1. The Kier molecular flexibility index (Phi) is 3.56. The van der Waals surface area contributed by atoms with E-state index < -0.39 is 0 Å². The van der Waals surface area contributed by atoms with Gasteiger partial charge in [-0.15, -0.1) is 0 Å². The van der Waals surface area contributed by atoms with Gasteiger partial charge >= 0.3 is 0 Å². The molecule has 2 rings (SSSR count). The maximum absolute atomic E-state index is 8.68. The van der Waals surface area contributed by atoms with Gasteiger partial charge in [0.05, 0.1) is 0 Å². The maximum atomic E-state index is 8.68. The first kappa shape index (κ1) is 11.4. The first-order valence-corrected chi connectivity index (χ1v) is 5.63. The first-order valence-electron chi connectivity index (χ1n) is 4.82. The third-order valence-electron chi connectivity index (χ3n) is 2.00. The van der Waals surface area contributed by atoms with Gasteiger partial charge in [0.25, 0.3) is 0 Å². The average molecular weight is 246 g/mol. The number of pyridine rings is 2. The van der Waals surface area contributed by atoms with Crippen molar-refractivity contribution >= 4 is 17.6 Å². The zero-order valence-electron chi connectivity index (χ0n) is 8.82. The van der Waals surface area contributed by atoms with Crippen LogP contribution >= 0.6 is 11.8 Å². The summed E-state index contributed by atoms with van der Waals surface area (Å²) in [5, 5.41) is 11.6. The molecule has 0 saturated carbocycles. The molecular formula is C11H10N4OS. The van der Waals surface area contributed by atoms with Crippen molar-refractivity contribution in [3.63, 3.8) is 0 Å². The summed E-state index contributed by atoms with van der Waals surface area (Å²) in [6.07, 6.45) is 5.02. The second-order valence-electron chi connectivity index (χ2n) is 3.12. The number of nitrogens with zero attached hydrogens (tertiary/aromatic N) is 3. The summed E-state index contributed by atoms with van der Waals surface area (Å²) in [4.78, 5) is 9.88. The fraction of sp³-hybridized carbons (Fsp3) is 0. The van der Waals surface area contributed by atoms with E-state index in [-0.39, 0.29) is 5.84 Å². The Labute approximate surface area is 102 Å². The molecule has 0 saturated heterocycles. The summed E-state index contributed by atoms with van der Waals surface area (Å²) < 4.78 is 0. The van der Waals surface area contributed by atoms with Crippen molar-refractivity contribution in [2.75, 3.05) is 0 Å². The van der Waals surface area contributed by atoms with Crippen molar-refractivity contribution in [1.29, 1.82) is 0 Å². The minimum atomic E-state index is 0.00200. The predicted octanol–water partition coefficient (Wildman–Crippen LogP) is 1.72. The molecule has 0 aliphatic rings. The van der Waals surface area contributed by atoms with Gasteiger partial charge in [0.1, 0.15) is 5.69 Å². The highest BCUT2D eigenvalue weighted by Crippen LogP contribution is 2.28. The van der Waals surface area contributed by atoms with Gasteiger partial charge < -0.3 is 10.9 Å². The van der Waals surface area contributed by atoms with E-state index in [1.807, 2.05) is 18.2 Å². The second-order valence-corrected chi connectivity index (χ2v) is 4.24. The summed E-state index contributed by atoms with van der Waals surface area (Å²) in [7, 11) is 0.